The number of aliphatic carboxylic acids is 1. The maximum atomic E-state index is 11.9. The summed E-state index contributed by atoms with van der Waals surface area (Å²) in [5.74, 6) is -2.31. The van der Waals surface area contributed by atoms with Crippen molar-refractivity contribution < 1.29 is 19.5 Å². The van der Waals surface area contributed by atoms with E-state index in [1.165, 1.54) is 0 Å². The first kappa shape index (κ1) is 14.2. The van der Waals surface area contributed by atoms with Crippen molar-refractivity contribution in [3.05, 3.63) is 35.9 Å². The lowest BCUT2D eigenvalue weighted by Gasteiger charge is -2.22. The first-order valence-corrected chi connectivity index (χ1v) is 6.63. The topological polar surface area (TPSA) is 74.7 Å². The Morgan fingerprint density at radius 3 is 2.50 bits per heavy atom. The molecule has 5 heteroatoms. The van der Waals surface area contributed by atoms with Gasteiger partial charge in [0.2, 0.25) is 11.8 Å². The zero-order valence-corrected chi connectivity index (χ0v) is 11.3. The van der Waals surface area contributed by atoms with E-state index in [1.54, 1.807) is 6.92 Å². The number of carbonyl (C=O) groups excluding carboxylic acids is 2. The molecule has 2 atom stereocenters. The molecular formula is C15H17NO4. The van der Waals surface area contributed by atoms with Crippen molar-refractivity contribution in [2.75, 3.05) is 0 Å². The van der Waals surface area contributed by atoms with Crippen LogP contribution in [0, 0.1) is 5.92 Å². The van der Waals surface area contributed by atoms with E-state index in [4.69, 9.17) is 0 Å². The average molecular weight is 275 g/mol. The van der Waals surface area contributed by atoms with Gasteiger partial charge >= 0.3 is 5.97 Å². The summed E-state index contributed by atoms with van der Waals surface area (Å²) >= 11 is 0. The number of carboxylic acids is 1. The molecule has 0 aliphatic carbocycles. The van der Waals surface area contributed by atoms with Crippen LogP contribution in [0.3, 0.4) is 0 Å². The van der Waals surface area contributed by atoms with Crippen LogP contribution >= 0.6 is 0 Å². The number of imide groups is 1. The van der Waals surface area contributed by atoms with Crippen LogP contribution in [0.4, 0.5) is 0 Å². The summed E-state index contributed by atoms with van der Waals surface area (Å²) in [5.41, 5.74) is 0.992. The summed E-state index contributed by atoms with van der Waals surface area (Å²) in [5, 5.41) is 9.29. The van der Waals surface area contributed by atoms with E-state index in [2.05, 4.69) is 0 Å². The summed E-state index contributed by atoms with van der Waals surface area (Å²) in [7, 11) is 0. The highest BCUT2D eigenvalue weighted by molar-refractivity contribution is 6.06. The van der Waals surface area contributed by atoms with E-state index in [-0.39, 0.29) is 24.7 Å². The van der Waals surface area contributed by atoms with Crippen molar-refractivity contribution >= 4 is 17.8 Å². The van der Waals surface area contributed by atoms with Crippen LogP contribution in [0.2, 0.25) is 0 Å². The van der Waals surface area contributed by atoms with Gasteiger partial charge in [-0.1, -0.05) is 37.3 Å². The molecule has 1 N–H and O–H groups in total. The van der Waals surface area contributed by atoms with Crippen molar-refractivity contribution in [3.63, 3.8) is 0 Å². The molecule has 1 aromatic rings. The minimum Gasteiger partial charge on any atom is -0.480 e. The molecular weight excluding hydrogens is 258 g/mol. The average Bonchev–Trinajstić information content (AvgIpc) is 2.66. The maximum Gasteiger partial charge on any atom is 0.326 e. The minimum absolute atomic E-state index is 0.105. The van der Waals surface area contributed by atoms with E-state index in [9.17, 15) is 19.5 Å². The summed E-state index contributed by atoms with van der Waals surface area (Å²) in [6.45, 7) is 1.65. The number of carboxylic acid groups (broad SMARTS) is 1. The van der Waals surface area contributed by atoms with Crippen LogP contribution in [-0.4, -0.2) is 33.8 Å². The fourth-order valence-electron chi connectivity index (χ4n) is 2.45. The van der Waals surface area contributed by atoms with E-state index in [0.717, 1.165) is 10.5 Å². The molecule has 1 heterocycles. The first-order chi connectivity index (χ1) is 9.50. The standard InChI is InChI=1S/C15H17NO4/c1-10-9-13(17)16(14(10)18)12(15(19)20)8-7-11-5-3-2-4-6-11/h2-6,10,12H,7-9H2,1H3,(H,19,20). The number of amides is 2. The number of nitrogens with zero attached hydrogens (tertiary/aromatic N) is 1. The molecule has 1 fully saturated rings. The zero-order chi connectivity index (χ0) is 14.7. The van der Waals surface area contributed by atoms with Gasteiger partial charge in [0.05, 0.1) is 0 Å². The fraction of sp³-hybridized carbons (Fsp3) is 0.400. The molecule has 0 radical (unpaired) electrons. The van der Waals surface area contributed by atoms with Gasteiger partial charge in [-0.15, -0.1) is 0 Å². The second kappa shape index (κ2) is 5.86. The Kier molecular flexibility index (Phi) is 4.17. The molecule has 2 unspecified atom stereocenters. The van der Waals surface area contributed by atoms with Crippen molar-refractivity contribution in [1.29, 1.82) is 0 Å². The number of hydrogen-bond donors (Lipinski definition) is 1. The molecule has 1 aromatic carbocycles. The fourth-order valence-corrected chi connectivity index (χ4v) is 2.45. The van der Waals surface area contributed by atoms with Crippen LogP contribution in [-0.2, 0) is 20.8 Å². The van der Waals surface area contributed by atoms with Gasteiger partial charge in [-0.25, -0.2) is 4.79 Å². The lowest BCUT2D eigenvalue weighted by Crippen LogP contribution is -2.45. The van der Waals surface area contributed by atoms with Gasteiger partial charge in [-0.2, -0.15) is 0 Å². The van der Waals surface area contributed by atoms with Gasteiger partial charge in [0.25, 0.3) is 0 Å². The maximum absolute atomic E-state index is 11.9. The third kappa shape index (κ3) is 2.87. The highest BCUT2D eigenvalue weighted by Gasteiger charge is 2.42. The van der Waals surface area contributed by atoms with Crippen molar-refractivity contribution in [1.82, 2.24) is 4.90 Å². The van der Waals surface area contributed by atoms with E-state index < -0.39 is 17.9 Å². The number of likely N-dealkylation sites (tertiary alicyclic amines) is 1. The van der Waals surface area contributed by atoms with Gasteiger partial charge in [0.1, 0.15) is 6.04 Å². The van der Waals surface area contributed by atoms with E-state index in [1.807, 2.05) is 30.3 Å². The molecule has 5 nitrogen and oxygen atoms in total. The summed E-state index contributed by atoms with van der Waals surface area (Å²) in [6.07, 6.45) is 0.862. The number of benzene rings is 1. The van der Waals surface area contributed by atoms with Gasteiger partial charge in [0.15, 0.2) is 0 Å². The zero-order valence-electron chi connectivity index (χ0n) is 11.3. The molecule has 0 bridgehead atoms. The number of aryl methyl sites for hydroxylation is 1. The third-order valence-corrected chi connectivity index (χ3v) is 3.55. The molecule has 0 aromatic heterocycles. The smallest absolute Gasteiger partial charge is 0.326 e. The predicted molar refractivity (Wildman–Crippen MR) is 71.8 cm³/mol. The Morgan fingerprint density at radius 2 is 2.00 bits per heavy atom. The van der Waals surface area contributed by atoms with E-state index in [0.29, 0.717) is 6.42 Å². The number of hydrogen-bond acceptors (Lipinski definition) is 3. The number of rotatable bonds is 5. The largest absolute Gasteiger partial charge is 0.480 e. The van der Waals surface area contributed by atoms with Crippen LogP contribution < -0.4 is 0 Å². The quantitative estimate of drug-likeness (QED) is 0.826. The van der Waals surface area contributed by atoms with Crippen LogP contribution in [0.5, 0.6) is 0 Å². The Bertz CT molecular complexity index is 526. The second-order valence-corrected chi connectivity index (χ2v) is 5.09. The molecule has 106 valence electrons. The highest BCUT2D eigenvalue weighted by atomic mass is 16.4. The Labute approximate surface area is 117 Å². The third-order valence-electron chi connectivity index (χ3n) is 3.55. The molecule has 0 spiro atoms. The minimum atomic E-state index is -1.13. The molecule has 0 saturated carbocycles. The van der Waals surface area contributed by atoms with Gasteiger partial charge in [-0.3, -0.25) is 14.5 Å². The molecule has 1 aliphatic heterocycles. The SMILES string of the molecule is CC1CC(=O)N(C(CCc2ccccc2)C(=O)O)C1=O. The van der Waals surface area contributed by atoms with Crippen LogP contribution in [0.25, 0.3) is 0 Å². The van der Waals surface area contributed by atoms with Crippen molar-refractivity contribution in [2.45, 2.75) is 32.2 Å². The summed E-state index contributed by atoms with van der Waals surface area (Å²) < 4.78 is 0. The summed E-state index contributed by atoms with van der Waals surface area (Å²) in [4.78, 5) is 36.0. The monoisotopic (exact) mass is 275 g/mol. The van der Waals surface area contributed by atoms with Crippen molar-refractivity contribution in [3.8, 4) is 0 Å². The molecule has 1 aliphatic rings. The first-order valence-electron chi connectivity index (χ1n) is 6.63. The van der Waals surface area contributed by atoms with Crippen molar-refractivity contribution in [2.24, 2.45) is 5.92 Å². The van der Waals surface area contributed by atoms with Crippen LogP contribution in [0.15, 0.2) is 30.3 Å². The Balaban J connectivity index is 2.10. The highest BCUT2D eigenvalue weighted by Crippen LogP contribution is 2.23. The predicted octanol–water partition coefficient (Wildman–Crippen LogP) is 1.47. The van der Waals surface area contributed by atoms with Gasteiger partial charge < -0.3 is 5.11 Å². The van der Waals surface area contributed by atoms with Crippen LogP contribution in [0.1, 0.15) is 25.3 Å². The van der Waals surface area contributed by atoms with Gasteiger partial charge in [-0.05, 0) is 18.4 Å². The Morgan fingerprint density at radius 1 is 1.35 bits per heavy atom. The summed E-state index contributed by atoms with van der Waals surface area (Å²) in [6, 6.07) is 8.36. The Hall–Kier alpha value is -2.17. The second-order valence-electron chi connectivity index (χ2n) is 5.09. The molecule has 20 heavy (non-hydrogen) atoms. The van der Waals surface area contributed by atoms with Gasteiger partial charge in [0, 0.05) is 12.3 Å². The number of carbonyl (C=O) groups is 3. The molecule has 2 rings (SSSR count). The normalized spacial score (nSPS) is 20.2. The lowest BCUT2D eigenvalue weighted by molar-refractivity contribution is -0.154. The lowest BCUT2D eigenvalue weighted by atomic mass is 10.0. The molecule has 2 amide bonds. The van der Waals surface area contributed by atoms with E-state index >= 15 is 0 Å². The molecule has 1 saturated heterocycles.